The van der Waals surface area contributed by atoms with Crippen LogP contribution in [0.25, 0.3) is 0 Å². The SMILES string of the molecule is CC(N)(C(=O)c1cccc(C(F)(F)F)c1)c1ccccc1. The molecule has 1 atom stereocenters. The number of hydrogen-bond donors (Lipinski definition) is 1. The lowest BCUT2D eigenvalue weighted by atomic mass is 9.85. The molecule has 1 unspecified atom stereocenters. The Hall–Kier alpha value is -2.14. The molecule has 0 saturated heterocycles. The number of nitrogens with two attached hydrogens (primary N) is 1. The molecule has 2 nitrogen and oxygen atoms in total. The molecular weight excluding hydrogens is 279 g/mol. The van der Waals surface area contributed by atoms with E-state index in [0.717, 1.165) is 12.1 Å². The normalized spacial score (nSPS) is 14.5. The van der Waals surface area contributed by atoms with E-state index in [0.29, 0.717) is 5.56 Å². The standard InChI is InChI=1S/C16H14F3NO/c1-15(20,12-7-3-2-4-8-12)14(21)11-6-5-9-13(10-11)16(17,18)19/h2-10H,20H2,1H3. The van der Waals surface area contributed by atoms with Crippen molar-refractivity contribution >= 4 is 5.78 Å². The van der Waals surface area contributed by atoms with Crippen molar-refractivity contribution in [3.8, 4) is 0 Å². The predicted molar refractivity (Wildman–Crippen MR) is 73.8 cm³/mol. The Morgan fingerprint density at radius 2 is 1.52 bits per heavy atom. The topological polar surface area (TPSA) is 43.1 Å². The summed E-state index contributed by atoms with van der Waals surface area (Å²) in [6.45, 7) is 1.49. The Bertz CT molecular complexity index is 648. The largest absolute Gasteiger partial charge is 0.416 e. The van der Waals surface area contributed by atoms with Gasteiger partial charge in [0.2, 0.25) is 0 Å². The highest BCUT2D eigenvalue weighted by Gasteiger charge is 2.34. The van der Waals surface area contributed by atoms with Gasteiger partial charge in [0.25, 0.3) is 0 Å². The van der Waals surface area contributed by atoms with Gasteiger partial charge in [0, 0.05) is 5.56 Å². The second kappa shape index (κ2) is 5.33. The monoisotopic (exact) mass is 293 g/mol. The van der Waals surface area contributed by atoms with Gasteiger partial charge in [-0.15, -0.1) is 0 Å². The van der Waals surface area contributed by atoms with Crippen LogP contribution in [0.1, 0.15) is 28.4 Å². The lowest BCUT2D eigenvalue weighted by Crippen LogP contribution is -2.41. The molecular formula is C16H14F3NO. The summed E-state index contributed by atoms with van der Waals surface area (Å²) in [6.07, 6.45) is -4.49. The van der Waals surface area contributed by atoms with Crippen molar-refractivity contribution in [1.29, 1.82) is 0 Å². The van der Waals surface area contributed by atoms with Gasteiger partial charge < -0.3 is 5.73 Å². The third-order valence-electron chi connectivity index (χ3n) is 3.30. The Morgan fingerprint density at radius 3 is 2.10 bits per heavy atom. The van der Waals surface area contributed by atoms with Gasteiger partial charge in [0.1, 0.15) is 5.54 Å². The summed E-state index contributed by atoms with van der Waals surface area (Å²) in [4.78, 5) is 12.5. The summed E-state index contributed by atoms with van der Waals surface area (Å²) >= 11 is 0. The number of Topliss-reactive ketones (excluding diaryl/α,β-unsaturated/α-hetero) is 1. The zero-order valence-electron chi connectivity index (χ0n) is 11.3. The number of hydrogen-bond acceptors (Lipinski definition) is 2. The first-order chi connectivity index (χ1) is 9.73. The second-order valence-electron chi connectivity index (χ2n) is 4.98. The quantitative estimate of drug-likeness (QED) is 0.876. The third-order valence-corrected chi connectivity index (χ3v) is 3.30. The van der Waals surface area contributed by atoms with E-state index in [1.165, 1.54) is 19.1 Å². The average molecular weight is 293 g/mol. The summed E-state index contributed by atoms with van der Waals surface area (Å²) in [6, 6.07) is 12.9. The maximum Gasteiger partial charge on any atom is 0.416 e. The second-order valence-corrected chi connectivity index (χ2v) is 4.98. The van der Waals surface area contributed by atoms with Gasteiger partial charge in [-0.05, 0) is 24.6 Å². The highest BCUT2D eigenvalue weighted by molar-refractivity contribution is 6.03. The van der Waals surface area contributed by atoms with Crippen LogP contribution in [0.2, 0.25) is 0 Å². The van der Waals surface area contributed by atoms with E-state index in [1.54, 1.807) is 30.3 Å². The van der Waals surface area contributed by atoms with Crippen LogP contribution in [0, 0.1) is 0 Å². The van der Waals surface area contributed by atoms with E-state index in [2.05, 4.69) is 0 Å². The van der Waals surface area contributed by atoms with Crippen LogP contribution in [0.15, 0.2) is 54.6 Å². The molecule has 0 saturated carbocycles. The van der Waals surface area contributed by atoms with Crippen molar-refractivity contribution in [2.24, 2.45) is 5.73 Å². The smallest absolute Gasteiger partial charge is 0.315 e. The van der Waals surface area contributed by atoms with E-state index in [1.807, 2.05) is 0 Å². The highest BCUT2D eigenvalue weighted by atomic mass is 19.4. The molecule has 0 amide bonds. The first kappa shape index (κ1) is 15.3. The average Bonchev–Trinajstić information content (AvgIpc) is 2.46. The Labute approximate surface area is 120 Å². The molecule has 0 heterocycles. The maximum absolute atomic E-state index is 12.7. The number of ketones is 1. The van der Waals surface area contributed by atoms with Crippen LogP contribution < -0.4 is 5.73 Å². The van der Waals surface area contributed by atoms with Crippen molar-refractivity contribution in [2.45, 2.75) is 18.6 Å². The van der Waals surface area contributed by atoms with Gasteiger partial charge in [0.05, 0.1) is 5.56 Å². The molecule has 0 aromatic heterocycles. The number of alkyl halides is 3. The summed E-state index contributed by atoms with van der Waals surface area (Å²) in [5.74, 6) is -0.556. The molecule has 0 aliphatic heterocycles. The zero-order chi connectivity index (χ0) is 15.7. The van der Waals surface area contributed by atoms with Crippen LogP contribution in [0.5, 0.6) is 0 Å². The zero-order valence-corrected chi connectivity index (χ0v) is 11.3. The van der Waals surface area contributed by atoms with Crippen molar-refractivity contribution in [3.63, 3.8) is 0 Å². The predicted octanol–water partition coefficient (Wildman–Crippen LogP) is 3.76. The molecule has 0 radical (unpaired) electrons. The van der Waals surface area contributed by atoms with E-state index in [9.17, 15) is 18.0 Å². The maximum atomic E-state index is 12.7. The fraction of sp³-hybridized carbons (Fsp3) is 0.188. The van der Waals surface area contributed by atoms with E-state index in [4.69, 9.17) is 5.73 Å². The Kier molecular flexibility index (Phi) is 3.87. The molecule has 2 aromatic carbocycles. The van der Waals surface area contributed by atoms with Gasteiger partial charge in [-0.1, -0.05) is 42.5 Å². The minimum absolute atomic E-state index is 0.0568. The fourth-order valence-corrected chi connectivity index (χ4v) is 2.05. The number of carbonyl (C=O) groups excluding carboxylic acids is 1. The Morgan fingerprint density at radius 1 is 0.952 bits per heavy atom. The molecule has 0 aliphatic carbocycles. The molecule has 0 aliphatic rings. The molecule has 0 bridgehead atoms. The lowest BCUT2D eigenvalue weighted by molar-refractivity contribution is -0.137. The van der Waals surface area contributed by atoms with Crippen molar-refractivity contribution < 1.29 is 18.0 Å². The van der Waals surface area contributed by atoms with Gasteiger partial charge >= 0.3 is 6.18 Å². The molecule has 2 N–H and O–H groups in total. The van der Waals surface area contributed by atoms with Gasteiger partial charge in [0.15, 0.2) is 5.78 Å². The fourth-order valence-electron chi connectivity index (χ4n) is 2.05. The summed E-state index contributed by atoms with van der Waals surface area (Å²) < 4.78 is 38.1. The summed E-state index contributed by atoms with van der Waals surface area (Å²) in [5, 5.41) is 0. The summed E-state index contributed by atoms with van der Waals surface area (Å²) in [7, 11) is 0. The lowest BCUT2D eigenvalue weighted by Gasteiger charge is -2.24. The first-order valence-electron chi connectivity index (χ1n) is 6.29. The van der Waals surface area contributed by atoms with Crippen molar-refractivity contribution in [3.05, 3.63) is 71.3 Å². The van der Waals surface area contributed by atoms with Crippen LogP contribution >= 0.6 is 0 Å². The number of carbonyl (C=O) groups is 1. The first-order valence-corrected chi connectivity index (χ1v) is 6.29. The van der Waals surface area contributed by atoms with E-state index >= 15 is 0 Å². The molecule has 0 fully saturated rings. The Balaban J connectivity index is 2.41. The number of benzene rings is 2. The van der Waals surface area contributed by atoms with Crippen molar-refractivity contribution in [2.75, 3.05) is 0 Å². The summed E-state index contributed by atoms with van der Waals surface area (Å²) in [5.41, 5.74) is 4.29. The molecule has 21 heavy (non-hydrogen) atoms. The van der Waals surface area contributed by atoms with E-state index in [-0.39, 0.29) is 5.56 Å². The molecule has 5 heteroatoms. The van der Waals surface area contributed by atoms with Crippen molar-refractivity contribution in [1.82, 2.24) is 0 Å². The van der Waals surface area contributed by atoms with Crippen LogP contribution in [-0.2, 0) is 11.7 Å². The number of rotatable bonds is 3. The highest BCUT2D eigenvalue weighted by Crippen LogP contribution is 2.31. The van der Waals surface area contributed by atoms with Crippen LogP contribution in [-0.4, -0.2) is 5.78 Å². The van der Waals surface area contributed by atoms with E-state index < -0.39 is 23.1 Å². The minimum atomic E-state index is -4.49. The van der Waals surface area contributed by atoms with Crippen LogP contribution in [0.4, 0.5) is 13.2 Å². The molecule has 110 valence electrons. The van der Waals surface area contributed by atoms with Gasteiger partial charge in [-0.3, -0.25) is 4.79 Å². The minimum Gasteiger partial charge on any atom is -0.315 e. The molecule has 0 spiro atoms. The third kappa shape index (κ3) is 3.13. The molecule has 2 aromatic rings. The molecule has 2 rings (SSSR count). The van der Waals surface area contributed by atoms with Crippen LogP contribution in [0.3, 0.4) is 0 Å². The number of halogens is 3. The van der Waals surface area contributed by atoms with Gasteiger partial charge in [-0.25, -0.2) is 0 Å². The van der Waals surface area contributed by atoms with Gasteiger partial charge in [-0.2, -0.15) is 13.2 Å².